The molecule has 0 fully saturated rings. The fourth-order valence-electron chi connectivity index (χ4n) is 8.51. The molecule has 2 nitrogen and oxygen atoms in total. The Hall–Kier alpha value is -6.54. The van der Waals surface area contributed by atoms with Crippen LogP contribution in [0.15, 0.2) is 231 Å². The molecule has 10 aromatic carbocycles. The summed E-state index contributed by atoms with van der Waals surface area (Å²) in [5.41, 5.74) is 10.3. The van der Waals surface area contributed by atoms with E-state index in [4.69, 9.17) is 0 Å². The van der Waals surface area contributed by atoms with E-state index in [2.05, 4.69) is 240 Å². The number of para-hydroxylation sites is 4. The van der Waals surface area contributed by atoms with Gasteiger partial charge in [0.15, 0.2) is 0 Å². The van der Waals surface area contributed by atoms with Crippen LogP contribution in [-0.4, -0.2) is 9.13 Å². The zero-order chi connectivity index (χ0) is 38.7. The Morgan fingerprint density at radius 1 is 0.305 bits per heavy atom. The largest absolute Gasteiger partial charge is 2.00 e. The molecule has 3 heteroatoms. The minimum Gasteiger partial charge on any atom is -0.328 e. The third-order valence-corrected chi connectivity index (χ3v) is 11.3. The van der Waals surface area contributed by atoms with Crippen LogP contribution >= 0.6 is 0 Å². The molecule has 2 aromatic heterocycles. The molecule has 0 radical (unpaired) electrons. The average Bonchev–Trinajstić information content (AvgIpc) is 4.07. The third kappa shape index (κ3) is 7.63. The summed E-state index contributed by atoms with van der Waals surface area (Å²) in [6.45, 7) is 0. The Labute approximate surface area is 364 Å². The van der Waals surface area contributed by atoms with Crippen molar-refractivity contribution < 1.29 is 26.2 Å². The first-order valence-corrected chi connectivity index (χ1v) is 20.1. The number of hydrogen-bond donors (Lipinski definition) is 0. The van der Waals surface area contributed by atoms with E-state index in [1.165, 1.54) is 87.7 Å². The molecule has 12 rings (SSSR count). The van der Waals surface area contributed by atoms with E-state index in [1.807, 2.05) is 0 Å². The number of aryl methyl sites for hydroxylation is 2. The van der Waals surface area contributed by atoms with Gasteiger partial charge >= 0.3 is 26.2 Å². The van der Waals surface area contributed by atoms with Gasteiger partial charge in [-0.05, 0) is 59.6 Å². The molecule has 0 aliphatic rings. The Balaban J connectivity index is 0.000000116. The molecule has 0 bridgehead atoms. The van der Waals surface area contributed by atoms with E-state index in [-0.39, 0.29) is 26.2 Å². The van der Waals surface area contributed by atoms with Crippen molar-refractivity contribution in [2.75, 3.05) is 0 Å². The quantitative estimate of drug-likeness (QED) is 0.153. The van der Waals surface area contributed by atoms with Crippen LogP contribution in [0, 0.1) is 0 Å². The second-order valence-electron chi connectivity index (χ2n) is 14.9. The monoisotopic (exact) mass is 832 g/mol. The molecule has 0 spiro atoms. The van der Waals surface area contributed by atoms with Crippen molar-refractivity contribution >= 4 is 65.2 Å². The van der Waals surface area contributed by atoms with E-state index in [0.717, 1.165) is 12.8 Å². The van der Waals surface area contributed by atoms with Crippen molar-refractivity contribution in [3.63, 3.8) is 0 Å². The number of rotatable bonds is 5. The molecule has 59 heavy (non-hydrogen) atoms. The topological polar surface area (TPSA) is 9.86 Å². The summed E-state index contributed by atoms with van der Waals surface area (Å²) in [7, 11) is 0. The van der Waals surface area contributed by atoms with Crippen LogP contribution in [0.2, 0.25) is 0 Å². The predicted molar refractivity (Wildman–Crippen MR) is 248 cm³/mol. The maximum atomic E-state index is 2.37. The Bertz CT molecular complexity index is 2890. The standard InChI is InChI=1S/2C21H14N.C14H14.Zr/c2*1-2-8-16-14-17(13-15(16)7-1)22-20-11-5-3-9-18(20)19-10-4-6-12-21(19)22;1-3-7-13(8-4-1)11-12-14-9-5-2-6-10-14;/h2*1-14H;1-10H,11-12H2;/q2*-1;;+2. The predicted octanol–water partition coefficient (Wildman–Crippen LogP) is 14.8. The van der Waals surface area contributed by atoms with Crippen LogP contribution in [0.3, 0.4) is 0 Å². The summed E-state index contributed by atoms with van der Waals surface area (Å²) < 4.78 is 4.73. The van der Waals surface area contributed by atoms with Gasteiger partial charge in [-0.15, -0.1) is 82.2 Å². The SMILES string of the molecule is [Zr+2].c1ccc(CCc2ccccc2)cc1.c1ccc2[cH-]c(-n3c4ccccc4c4ccccc43)cc2c1.c1ccc2[cH-]c(-n3c4ccccc4c4ccccc43)cc2c1. The molecular weight excluding hydrogens is 792 g/mol. The molecule has 0 aliphatic heterocycles. The molecule has 0 aliphatic carbocycles. The maximum Gasteiger partial charge on any atom is 2.00 e. The zero-order valence-electron chi connectivity index (χ0n) is 32.7. The van der Waals surface area contributed by atoms with Crippen molar-refractivity contribution in [3.8, 4) is 11.4 Å². The molecule has 2 heterocycles. The Morgan fingerprint density at radius 2 is 0.593 bits per heavy atom. The van der Waals surface area contributed by atoms with Crippen LogP contribution < -0.4 is 0 Å². The van der Waals surface area contributed by atoms with Gasteiger partial charge in [0.2, 0.25) is 0 Å². The van der Waals surface area contributed by atoms with Crippen molar-refractivity contribution in [2.45, 2.75) is 12.8 Å². The summed E-state index contributed by atoms with van der Waals surface area (Å²) in [6.07, 6.45) is 2.26. The smallest absolute Gasteiger partial charge is 0.328 e. The second-order valence-corrected chi connectivity index (χ2v) is 14.9. The Kier molecular flexibility index (Phi) is 11.0. The number of benzene rings is 8. The van der Waals surface area contributed by atoms with Crippen LogP contribution in [0.25, 0.3) is 76.5 Å². The van der Waals surface area contributed by atoms with Gasteiger partial charge in [0, 0.05) is 21.5 Å². The summed E-state index contributed by atoms with van der Waals surface area (Å²) >= 11 is 0. The number of aromatic nitrogens is 2. The van der Waals surface area contributed by atoms with Crippen molar-refractivity contribution in [3.05, 3.63) is 242 Å². The molecule has 0 unspecified atom stereocenters. The minimum absolute atomic E-state index is 0. The van der Waals surface area contributed by atoms with Crippen molar-refractivity contribution in [1.82, 2.24) is 9.13 Å². The maximum absolute atomic E-state index is 2.37. The summed E-state index contributed by atoms with van der Waals surface area (Å²) in [5, 5.41) is 10.4. The minimum atomic E-state index is 0. The fourth-order valence-corrected chi connectivity index (χ4v) is 8.51. The molecule has 12 aromatic rings. The van der Waals surface area contributed by atoms with Crippen LogP contribution in [-0.2, 0) is 39.0 Å². The van der Waals surface area contributed by atoms with E-state index in [0.29, 0.717) is 0 Å². The first-order valence-electron chi connectivity index (χ1n) is 20.1. The average molecular weight is 834 g/mol. The van der Waals surface area contributed by atoms with Crippen molar-refractivity contribution in [1.29, 1.82) is 0 Å². The summed E-state index contributed by atoms with van der Waals surface area (Å²) in [5.74, 6) is 0. The first-order chi connectivity index (χ1) is 28.8. The van der Waals surface area contributed by atoms with Crippen LogP contribution in [0.5, 0.6) is 0 Å². The van der Waals surface area contributed by atoms with Gasteiger partial charge in [-0.3, -0.25) is 0 Å². The van der Waals surface area contributed by atoms with E-state index >= 15 is 0 Å². The van der Waals surface area contributed by atoms with Gasteiger partial charge in [-0.25, -0.2) is 0 Å². The molecular formula is C56H42N2Zr. The summed E-state index contributed by atoms with van der Waals surface area (Å²) in [6, 6.07) is 81.9. The summed E-state index contributed by atoms with van der Waals surface area (Å²) in [4.78, 5) is 0. The van der Waals surface area contributed by atoms with Gasteiger partial charge in [0.05, 0.1) is 22.1 Å². The molecule has 0 amide bonds. The molecule has 0 N–H and O–H groups in total. The van der Waals surface area contributed by atoms with E-state index in [1.54, 1.807) is 0 Å². The molecule has 0 saturated heterocycles. The third-order valence-electron chi connectivity index (χ3n) is 11.3. The number of hydrogen-bond acceptors (Lipinski definition) is 0. The normalized spacial score (nSPS) is 11.1. The van der Waals surface area contributed by atoms with Crippen LogP contribution in [0.4, 0.5) is 0 Å². The van der Waals surface area contributed by atoms with Gasteiger partial charge in [-0.2, -0.15) is 0 Å². The zero-order valence-corrected chi connectivity index (χ0v) is 35.2. The van der Waals surface area contributed by atoms with Crippen molar-refractivity contribution in [2.24, 2.45) is 0 Å². The van der Waals surface area contributed by atoms with E-state index < -0.39 is 0 Å². The molecule has 0 atom stereocenters. The second kappa shape index (κ2) is 17.1. The molecule has 0 saturated carbocycles. The van der Waals surface area contributed by atoms with Gasteiger partial charge in [0.25, 0.3) is 0 Å². The van der Waals surface area contributed by atoms with Crippen LogP contribution in [0.1, 0.15) is 11.1 Å². The first kappa shape index (κ1) is 38.0. The van der Waals surface area contributed by atoms with Gasteiger partial charge in [-0.1, -0.05) is 146 Å². The van der Waals surface area contributed by atoms with Gasteiger partial charge in [0.1, 0.15) is 0 Å². The van der Waals surface area contributed by atoms with Gasteiger partial charge < -0.3 is 9.13 Å². The number of fused-ring (bicyclic) bond motifs is 8. The molecule has 280 valence electrons. The van der Waals surface area contributed by atoms with E-state index in [9.17, 15) is 0 Å². The number of nitrogens with zero attached hydrogens (tertiary/aromatic N) is 2. The fraction of sp³-hybridized carbons (Fsp3) is 0.0357. The Morgan fingerprint density at radius 3 is 0.932 bits per heavy atom.